The van der Waals surface area contributed by atoms with Crippen LogP contribution in [0.5, 0.6) is 5.75 Å². The molecule has 0 amide bonds. The number of aromatic nitrogens is 1. The van der Waals surface area contributed by atoms with Crippen molar-refractivity contribution in [3.8, 4) is 16.9 Å². The lowest BCUT2D eigenvalue weighted by Crippen LogP contribution is -2.16. The van der Waals surface area contributed by atoms with Gasteiger partial charge in [-0.3, -0.25) is 4.79 Å². The maximum atomic E-state index is 12.2. The number of nitrogens with zero attached hydrogens (tertiary/aromatic N) is 1. The molecule has 0 bridgehead atoms. The number of carbonyl (C=O) groups is 2. The first-order valence-electron chi connectivity index (χ1n) is 7.38. The lowest BCUT2D eigenvalue weighted by molar-refractivity contribution is -0.274. The monoisotopic (exact) mass is 363 g/mol. The molecule has 26 heavy (non-hydrogen) atoms. The molecule has 0 atom stereocenters. The van der Waals surface area contributed by atoms with Gasteiger partial charge in [0.15, 0.2) is 0 Å². The second kappa shape index (κ2) is 6.21. The van der Waals surface area contributed by atoms with E-state index in [0.29, 0.717) is 22.0 Å². The molecule has 0 aliphatic heterocycles. The molecule has 0 saturated carbocycles. The van der Waals surface area contributed by atoms with Gasteiger partial charge in [-0.15, -0.1) is 13.2 Å². The number of hydrogen-bond acceptors (Lipinski definition) is 3. The number of aliphatic carboxylic acids is 1. The van der Waals surface area contributed by atoms with Crippen LogP contribution < -0.4 is 4.74 Å². The number of Topliss-reactive ketones (excluding diaryl/α,β-unsaturated/α-hetero) is 1. The van der Waals surface area contributed by atoms with Crippen LogP contribution in [0.2, 0.25) is 0 Å². The highest BCUT2D eigenvalue weighted by Gasteiger charge is 2.31. The summed E-state index contributed by atoms with van der Waals surface area (Å²) in [6.07, 6.45) is -3.32. The third-order valence-electron chi connectivity index (χ3n) is 3.85. The van der Waals surface area contributed by atoms with Gasteiger partial charge in [-0.25, -0.2) is 4.79 Å². The summed E-state index contributed by atoms with van der Waals surface area (Å²) in [7, 11) is 1.67. The highest BCUT2D eigenvalue weighted by Crippen LogP contribution is 2.30. The first-order valence-corrected chi connectivity index (χ1v) is 7.38. The minimum Gasteiger partial charge on any atom is -0.475 e. The van der Waals surface area contributed by atoms with Crippen molar-refractivity contribution in [1.29, 1.82) is 0 Å². The van der Waals surface area contributed by atoms with Crippen molar-refractivity contribution in [2.45, 2.75) is 6.36 Å². The van der Waals surface area contributed by atoms with Crippen molar-refractivity contribution in [2.75, 3.05) is 0 Å². The summed E-state index contributed by atoms with van der Waals surface area (Å²) in [6, 6.07) is 10.4. The molecule has 0 unspecified atom stereocenters. The van der Waals surface area contributed by atoms with Crippen molar-refractivity contribution in [1.82, 2.24) is 4.57 Å². The molecular weight excluding hydrogens is 351 g/mol. The largest absolute Gasteiger partial charge is 0.573 e. The second-order valence-electron chi connectivity index (χ2n) is 5.59. The number of halogens is 3. The zero-order valence-corrected chi connectivity index (χ0v) is 13.4. The lowest BCUT2D eigenvalue weighted by atomic mass is 10.0. The highest BCUT2D eigenvalue weighted by atomic mass is 19.4. The van der Waals surface area contributed by atoms with Gasteiger partial charge in [0.25, 0.3) is 5.78 Å². The fourth-order valence-corrected chi connectivity index (χ4v) is 2.71. The number of fused-ring (bicyclic) bond motifs is 1. The molecule has 3 aromatic rings. The van der Waals surface area contributed by atoms with E-state index >= 15 is 0 Å². The Bertz CT molecular complexity index is 1000. The van der Waals surface area contributed by atoms with E-state index in [1.165, 1.54) is 30.5 Å². The maximum absolute atomic E-state index is 12.2. The van der Waals surface area contributed by atoms with Crippen LogP contribution >= 0.6 is 0 Å². The van der Waals surface area contributed by atoms with Crippen LogP contribution in [0.15, 0.2) is 48.7 Å². The van der Waals surface area contributed by atoms with Crippen molar-refractivity contribution < 1.29 is 32.6 Å². The molecule has 0 aliphatic rings. The summed E-state index contributed by atoms with van der Waals surface area (Å²) >= 11 is 0. The molecule has 0 fully saturated rings. The van der Waals surface area contributed by atoms with E-state index in [9.17, 15) is 22.8 Å². The molecule has 1 N–H and O–H groups in total. The van der Waals surface area contributed by atoms with Crippen LogP contribution in [0.4, 0.5) is 13.2 Å². The lowest BCUT2D eigenvalue weighted by Gasteiger charge is -2.09. The molecule has 0 aliphatic carbocycles. The first kappa shape index (κ1) is 17.5. The predicted molar refractivity (Wildman–Crippen MR) is 87.0 cm³/mol. The molecule has 134 valence electrons. The van der Waals surface area contributed by atoms with Gasteiger partial charge >= 0.3 is 12.3 Å². The smallest absolute Gasteiger partial charge is 0.475 e. The number of carboxylic acids is 1. The van der Waals surface area contributed by atoms with E-state index < -0.39 is 18.1 Å². The molecule has 2 aromatic carbocycles. The number of aryl methyl sites for hydroxylation is 1. The molecule has 0 radical (unpaired) electrons. The Labute approximate surface area is 145 Å². The molecule has 1 aromatic heterocycles. The number of carbonyl (C=O) groups excluding carboxylic acids is 1. The minimum absolute atomic E-state index is 0.0791. The average Bonchev–Trinajstić information content (AvgIpc) is 2.89. The van der Waals surface area contributed by atoms with Gasteiger partial charge in [0, 0.05) is 24.1 Å². The second-order valence-corrected chi connectivity index (χ2v) is 5.59. The van der Waals surface area contributed by atoms with Gasteiger partial charge in [0.05, 0.1) is 5.56 Å². The van der Waals surface area contributed by atoms with Crippen LogP contribution in [0, 0.1) is 0 Å². The van der Waals surface area contributed by atoms with Gasteiger partial charge < -0.3 is 14.4 Å². The van der Waals surface area contributed by atoms with Crippen molar-refractivity contribution in [2.24, 2.45) is 7.05 Å². The quantitative estimate of drug-likeness (QED) is 0.562. The Balaban J connectivity index is 1.98. The van der Waals surface area contributed by atoms with Crippen molar-refractivity contribution in [3.63, 3.8) is 0 Å². The summed E-state index contributed by atoms with van der Waals surface area (Å²) in [4.78, 5) is 22.7. The molecule has 0 saturated heterocycles. The molecule has 8 heteroatoms. The predicted octanol–water partition coefficient (Wildman–Crippen LogP) is 4.01. The normalized spacial score (nSPS) is 11.5. The minimum atomic E-state index is -4.75. The van der Waals surface area contributed by atoms with E-state index in [2.05, 4.69) is 4.74 Å². The van der Waals surface area contributed by atoms with Crippen LogP contribution in [0.3, 0.4) is 0 Å². The van der Waals surface area contributed by atoms with Gasteiger partial charge in [-0.05, 0) is 29.3 Å². The van der Waals surface area contributed by atoms with E-state index in [-0.39, 0.29) is 11.3 Å². The molecule has 5 nitrogen and oxygen atoms in total. The van der Waals surface area contributed by atoms with Crippen LogP contribution in [-0.4, -0.2) is 27.8 Å². The number of ketones is 1. The van der Waals surface area contributed by atoms with E-state index in [1.807, 2.05) is 0 Å². The number of hydrogen-bond donors (Lipinski definition) is 1. The standard InChI is InChI=1S/C18H12F3NO4/c1-22-9-14(16(23)17(24)25)13-7-4-11(8-15(13)22)10-2-5-12(6-3-10)26-18(19,20)21/h2-9H,1H3,(H,24,25). The Morgan fingerprint density at radius 2 is 1.65 bits per heavy atom. The van der Waals surface area contributed by atoms with E-state index in [4.69, 9.17) is 5.11 Å². The first-order chi connectivity index (χ1) is 12.2. The van der Waals surface area contributed by atoms with Crippen LogP contribution in [-0.2, 0) is 11.8 Å². The van der Waals surface area contributed by atoms with Gasteiger partial charge in [0.2, 0.25) is 0 Å². The number of rotatable bonds is 4. The maximum Gasteiger partial charge on any atom is 0.573 e. The van der Waals surface area contributed by atoms with Gasteiger partial charge in [-0.2, -0.15) is 0 Å². The highest BCUT2D eigenvalue weighted by molar-refractivity contribution is 6.42. The Morgan fingerprint density at radius 3 is 2.23 bits per heavy atom. The summed E-state index contributed by atoms with van der Waals surface area (Å²) in [5.74, 6) is -2.87. The third-order valence-corrected chi connectivity index (χ3v) is 3.85. The van der Waals surface area contributed by atoms with E-state index in [1.54, 1.807) is 29.8 Å². The number of carboxylic acid groups (broad SMARTS) is 1. The fourth-order valence-electron chi connectivity index (χ4n) is 2.71. The SMILES string of the molecule is Cn1cc(C(=O)C(=O)O)c2ccc(-c3ccc(OC(F)(F)F)cc3)cc21. The van der Waals surface area contributed by atoms with Crippen LogP contribution in [0.1, 0.15) is 10.4 Å². The van der Waals surface area contributed by atoms with Crippen LogP contribution in [0.25, 0.3) is 22.0 Å². The summed E-state index contributed by atoms with van der Waals surface area (Å²) in [6.45, 7) is 0. The molecular formula is C18H12F3NO4. The molecule has 0 spiro atoms. The molecule has 3 rings (SSSR count). The summed E-state index contributed by atoms with van der Waals surface area (Å²) < 4.78 is 42.1. The topological polar surface area (TPSA) is 68.5 Å². The van der Waals surface area contributed by atoms with Crippen molar-refractivity contribution in [3.05, 3.63) is 54.2 Å². The fraction of sp³-hybridized carbons (Fsp3) is 0.111. The van der Waals surface area contributed by atoms with Gasteiger partial charge in [-0.1, -0.05) is 24.3 Å². The van der Waals surface area contributed by atoms with Gasteiger partial charge in [0.1, 0.15) is 5.75 Å². The van der Waals surface area contributed by atoms with Crippen molar-refractivity contribution >= 4 is 22.7 Å². The number of alkyl halides is 3. The summed E-state index contributed by atoms with van der Waals surface area (Å²) in [5, 5.41) is 9.38. The average molecular weight is 363 g/mol. The Kier molecular flexibility index (Phi) is 4.19. The zero-order chi connectivity index (χ0) is 19.1. The Hall–Kier alpha value is -3.29. The summed E-state index contributed by atoms with van der Waals surface area (Å²) in [5.41, 5.74) is 2.05. The third kappa shape index (κ3) is 3.39. The molecule has 1 heterocycles. The zero-order valence-electron chi connectivity index (χ0n) is 13.4. The number of benzene rings is 2. The Morgan fingerprint density at radius 1 is 1.04 bits per heavy atom. The number of ether oxygens (including phenoxy) is 1. The van der Waals surface area contributed by atoms with E-state index in [0.717, 1.165) is 0 Å².